The van der Waals surface area contributed by atoms with Crippen molar-refractivity contribution in [2.45, 2.75) is 76.1 Å². The average Bonchev–Trinajstić information content (AvgIpc) is 3.63. The number of amides is 1. The fourth-order valence-electron chi connectivity index (χ4n) is 6.30. The van der Waals surface area contributed by atoms with Gasteiger partial charge in [-0.05, 0) is 83.7 Å². The maximum absolute atomic E-state index is 13.5. The first-order valence-corrected chi connectivity index (χ1v) is 15.3. The van der Waals surface area contributed by atoms with E-state index in [-0.39, 0.29) is 23.8 Å². The number of piperidine rings is 1. The second-order valence-corrected chi connectivity index (χ2v) is 12.8. The van der Waals surface area contributed by atoms with Crippen LogP contribution < -0.4 is 20.7 Å². The fraction of sp³-hybridized carbons (Fsp3) is 0.552. The third-order valence-electron chi connectivity index (χ3n) is 8.53. The molecule has 0 radical (unpaired) electrons. The molecule has 1 aliphatic heterocycles. The first-order valence-electron chi connectivity index (χ1n) is 14.4. The van der Waals surface area contributed by atoms with Crippen LogP contribution in [0.15, 0.2) is 24.7 Å². The van der Waals surface area contributed by atoms with E-state index in [2.05, 4.69) is 50.3 Å². The molecule has 4 heterocycles. The summed E-state index contributed by atoms with van der Waals surface area (Å²) in [7, 11) is 4.25. The molecular formula is C29H38N8O3S. The molecule has 3 aromatic rings. The highest BCUT2D eigenvalue weighted by Crippen LogP contribution is 2.35. The number of rotatable bonds is 7. The summed E-state index contributed by atoms with van der Waals surface area (Å²) in [5, 5.41) is 8.55. The quantitative estimate of drug-likeness (QED) is 0.435. The maximum Gasteiger partial charge on any atom is 0.267 e. The van der Waals surface area contributed by atoms with Crippen LogP contribution in [0.1, 0.15) is 65.3 Å². The summed E-state index contributed by atoms with van der Waals surface area (Å²) in [5.41, 5.74) is 9.57. The molecule has 11 nitrogen and oxygen atoms in total. The number of nitrogens with zero attached hydrogens (tertiary/aromatic N) is 6. The highest BCUT2D eigenvalue weighted by Gasteiger charge is 2.31. The van der Waals surface area contributed by atoms with Crippen LogP contribution in [0.4, 0.5) is 5.69 Å². The van der Waals surface area contributed by atoms with Gasteiger partial charge in [0.2, 0.25) is 5.88 Å². The summed E-state index contributed by atoms with van der Waals surface area (Å²) in [5.74, 6) is 0.270. The van der Waals surface area contributed by atoms with Gasteiger partial charge >= 0.3 is 0 Å². The standard InChI is InChI=1S/C29H38N8O3S/c1-17-33-29(40-21-8-6-20(7-9-21)35(2)3)27(41-17)28(39)34-19-5-4-10-36(15-19)24-13-23(18-11-22(30)26(38)12-18)37-25(24)14-31-16-32-37/h12-14,16,19-22H,4-11,15,30H2,1-3H3,(H,34,39)/t19?,20?,21?,22-/m1/s1. The van der Waals surface area contributed by atoms with Gasteiger partial charge in [-0.1, -0.05) is 0 Å². The Morgan fingerprint density at radius 3 is 2.76 bits per heavy atom. The van der Waals surface area contributed by atoms with Gasteiger partial charge in [0.1, 0.15) is 17.9 Å². The van der Waals surface area contributed by atoms with Crippen LogP contribution in [0.25, 0.3) is 11.1 Å². The molecule has 218 valence electrons. The summed E-state index contributed by atoms with van der Waals surface area (Å²) in [6.07, 6.45) is 11.4. The smallest absolute Gasteiger partial charge is 0.267 e. The molecule has 0 aromatic carbocycles. The number of thiazole rings is 1. The molecule has 0 spiro atoms. The van der Waals surface area contributed by atoms with Crippen molar-refractivity contribution in [1.82, 2.24) is 29.8 Å². The van der Waals surface area contributed by atoms with Gasteiger partial charge in [0.05, 0.1) is 28.6 Å². The Balaban J connectivity index is 1.15. The first-order chi connectivity index (χ1) is 19.8. The lowest BCUT2D eigenvalue weighted by atomic mass is 9.92. The van der Waals surface area contributed by atoms with Crippen LogP contribution >= 0.6 is 11.3 Å². The van der Waals surface area contributed by atoms with E-state index >= 15 is 0 Å². The predicted molar refractivity (Wildman–Crippen MR) is 158 cm³/mol. The topological polar surface area (TPSA) is 131 Å². The van der Waals surface area contributed by atoms with Crippen molar-refractivity contribution < 1.29 is 14.3 Å². The number of hydrogen-bond donors (Lipinski definition) is 2. The number of fused-ring (bicyclic) bond motifs is 1. The summed E-state index contributed by atoms with van der Waals surface area (Å²) >= 11 is 1.39. The van der Waals surface area contributed by atoms with E-state index in [0.717, 1.165) is 72.5 Å². The second-order valence-electron chi connectivity index (χ2n) is 11.6. The lowest BCUT2D eigenvalue weighted by molar-refractivity contribution is -0.115. The van der Waals surface area contributed by atoms with Crippen LogP contribution in [0.5, 0.6) is 5.88 Å². The Kier molecular flexibility index (Phi) is 7.80. The molecular weight excluding hydrogens is 540 g/mol. The molecule has 3 aliphatic rings. The molecule has 2 fully saturated rings. The van der Waals surface area contributed by atoms with Crippen LogP contribution in [-0.2, 0) is 4.79 Å². The van der Waals surface area contributed by atoms with Gasteiger partial charge in [-0.3, -0.25) is 9.59 Å². The van der Waals surface area contributed by atoms with Gasteiger partial charge in [0, 0.05) is 25.2 Å². The second kappa shape index (κ2) is 11.5. The van der Waals surface area contributed by atoms with Gasteiger partial charge in [0.25, 0.3) is 5.91 Å². The van der Waals surface area contributed by atoms with Gasteiger partial charge in [-0.2, -0.15) is 5.10 Å². The number of nitrogens with two attached hydrogens (primary N) is 1. The lowest BCUT2D eigenvalue weighted by Crippen LogP contribution is -2.47. The maximum atomic E-state index is 13.5. The van der Waals surface area contributed by atoms with E-state index in [1.54, 1.807) is 12.3 Å². The Morgan fingerprint density at radius 2 is 2.02 bits per heavy atom. The molecule has 41 heavy (non-hydrogen) atoms. The number of nitrogens with one attached hydrogen (secondary N) is 1. The summed E-state index contributed by atoms with van der Waals surface area (Å²) in [6, 6.07) is 2.10. The molecule has 1 amide bonds. The molecule has 6 rings (SSSR count). The zero-order chi connectivity index (χ0) is 28.7. The van der Waals surface area contributed by atoms with E-state index in [9.17, 15) is 9.59 Å². The lowest BCUT2D eigenvalue weighted by Gasteiger charge is -2.34. The van der Waals surface area contributed by atoms with Crippen LogP contribution in [0, 0.1) is 6.92 Å². The molecule has 3 aromatic heterocycles. The van der Waals surface area contributed by atoms with E-state index in [0.29, 0.717) is 29.8 Å². The van der Waals surface area contributed by atoms with Crippen LogP contribution in [0.2, 0.25) is 0 Å². The first kappa shape index (κ1) is 27.8. The molecule has 1 unspecified atom stereocenters. The van der Waals surface area contributed by atoms with E-state index < -0.39 is 6.04 Å². The third kappa shape index (κ3) is 5.73. The Labute approximate surface area is 243 Å². The third-order valence-corrected chi connectivity index (χ3v) is 9.48. The highest BCUT2D eigenvalue weighted by atomic mass is 32.1. The highest BCUT2D eigenvalue weighted by molar-refractivity contribution is 7.13. The van der Waals surface area contributed by atoms with Crippen molar-refractivity contribution in [3.05, 3.63) is 40.2 Å². The molecule has 0 bridgehead atoms. The van der Waals surface area contributed by atoms with Crippen molar-refractivity contribution in [3.63, 3.8) is 0 Å². The minimum absolute atomic E-state index is 0.0363. The summed E-state index contributed by atoms with van der Waals surface area (Å²) < 4.78 is 8.14. The number of ketones is 1. The van der Waals surface area contributed by atoms with Crippen molar-refractivity contribution >= 4 is 39.8 Å². The number of anilines is 1. The van der Waals surface area contributed by atoms with Gasteiger partial charge in [-0.15, -0.1) is 11.3 Å². The summed E-state index contributed by atoms with van der Waals surface area (Å²) in [4.78, 5) is 39.6. The van der Waals surface area contributed by atoms with E-state index in [4.69, 9.17) is 10.5 Å². The Hall–Kier alpha value is -3.35. The molecule has 1 saturated carbocycles. The fourth-order valence-corrected chi connectivity index (χ4v) is 7.06. The number of carbonyl (C=O) groups excluding carboxylic acids is 2. The number of aryl methyl sites for hydroxylation is 1. The van der Waals surface area contributed by atoms with Gasteiger partial charge in [0.15, 0.2) is 10.7 Å². The Morgan fingerprint density at radius 1 is 1.22 bits per heavy atom. The zero-order valence-corrected chi connectivity index (χ0v) is 24.7. The molecule has 3 N–H and O–H groups in total. The Bertz CT molecular complexity index is 1470. The SMILES string of the molecule is Cc1nc(OC2CCC(N(C)C)CC2)c(C(=O)NC2CCCN(c3cc(C4=CC(=O)[C@H](N)C4)n4ncncc34)C2)s1. The predicted octanol–water partition coefficient (Wildman–Crippen LogP) is 2.83. The monoisotopic (exact) mass is 578 g/mol. The minimum atomic E-state index is -0.507. The zero-order valence-electron chi connectivity index (χ0n) is 23.9. The van der Waals surface area contributed by atoms with Crippen LogP contribution in [0.3, 0.4) is 0 Å². The number of ether oxygens (including phenoxy) is 1. The van der Waals surface area contributed by atoms with Crippen molar-refractivity contribution in [3.8, 4) is 5.88 Å². The van der Waals surface area contributed by atoms with Gasteiger partial charge < -0.3 is 25.6 Å². The van der Waals surface area contributed by atoms with E-state index in [1.165, 1.54) is 17.7 Å². The van der Waals surface area contributed by atoms with Crippen molar-refractivity contribution in [2.24, 2.45) is 5.73 Å². The van der Waals surface area contributed by atoms with Crippen molar-refractivity contribution in [2.75, 3.05) is 32.1 Å². The molecule has 2 atom stereocenters. The number of carbonyl (C=O) groups is 2. The van der Waals surface area contributed by atoms with Crippen LogP contribution in [-0.4, -0.2) is 87.6 Å². The normalized spacial score (nSPS) is 25.1. The minimum Gasteiger partial charge on any atom is -0.473 e. The average molecular weight is 579 g/mol. The molecule has 1 saturated heterocycles. The van der Waals surface area contributed by atoms with E-state index in [1.807, 2.05) is 11.4 Å². The molecule has 2 aliphatic carbocycles. The number of aromatic nitrogens is 4. The van der Waals surface area contributed by atoms with Crippen molar-refractivity contribution in [1.29, 1.82) is 0 Å². The largest absolute Gasteiger partial charge is 0.473 e. The molecule has 12 heteroatoms. The number of hydrogen-bond acceptors (Lipinski definition) is 10. The summed E-state index contributed by atoms with van der Waals surface area (Å²) in [6.45, 7) is 3.42. The van der Waals surface area contributed by atoms with Gasteiger partial charge in [-0.25, -0.2) is 14.5 Å².